The summed E-state index contributed by atoms with van der Waals surface area (Å²) in [6, 6.07) is 5.24. The van der Waals surface area contributed by atoms with Crippen LogP contribution in [0, 0.1) is 0 Å². The zero-order valence-electron chi connectivity index (χ0n) is 11.4. The van der Waals surface area contributed by atoms with E-state index in [1.165, 1.54) is 37.7 Å². The van der Waals surface area contributed by atoms with Crippen molar-refractivity contribution in [2.75, 3.05) is 7.05 Å². The molecule has 0 saturated heterocycles. The number of hydrogen-bond donors (Lipinski definition) is 1. The van der Waals surface area contributed by atoms with Crippen LogP contribution in [-0.4, -0.2) is 13.1 Å². The molecule has 2 aromatic heterocycles. The van der Waals surface area contributed by atoms with Gasteiger partial charge in [0, 0.05) is 16.8 Å². The third kappa shape index (κ3) is 2.93. The highest BCUT2D eigenvalue weighted by Gasteiger charge is 2.27. The molecule has 2 aromatic rings. The van der Waals surface area contributed by atoms with Crippen LogP contribution in [0.4, 0.5) is 0 Å². The Morgan fingerprint density at radius 3 is 3.11 bits per heavy atom. The fraction of sp³-hybridized carbons (Fsp3) is 0.500. The van der Waals surface area contributed by atoms with Crippen LogP contribution in [0.5, 0.6) is 0 Å². The topological polar surface area (TPSA) is 12.0 Å². The third-order valence-corrected chi connectivity index (χ3v) is 6.01. The molecule has 1 nitrogen and oxygen atoms in total. The Balaban J connectivity index is 1.69. The second kappa shape index (κ2) is 6.21. The maximum absolute atomic E-state index is 3.57. The minimum atomic E-state index is 0.619. The highest BCUT2D eigenvalue weighted by Crippen LogP contribution is 2.38. The Hall–Kier alpha value is -0.640. The van der Waals surface area contributed by atoms with Crippen molar-refractivity contribution in [3.63, 3.8) is 0 Å². The monoisotopic (exact) mass is 291 g/mol. The maximum Gasteiger partial charge on any atom is 0.0136 e. The van der Waals surface area contributed by atoms with Gasteiger partial charge >= 0.3 is 0 Å². The van der Waals surface area contributed by atoms with Gasteiger partial charge in [-0.3, -0.25) is 0 Å². The normalized spacial score (nSPS) is 20.2. The Bertz CT molecular complexity index is 501. The number of fused-ring (bicyclic) bond motifs is 1. The van der Waals surface area contributed by atoms with Gasteiger partial charge in [0.25, 0.3) is 0 Å². The van der Waals surface area contributed by atoms with Gasteiger partial charge in [-0.15, -0.1) is 11.3 Å². The molecular weight excluding hydrogens is 270 g/mol. The molecule has 0 saturated carbocycles. The van der Waals surface area contributed by atoms with Crippen LogP contribution >= 0.6 is 22.7 Å². The van der Waals surface area contributed by atoms with E-state index in [-0.39, 0.29) is 0 Å². The van der Waals surface area contributed by atoms with Crippen molar-refractivity contribution in [3.05, 3.63) is 44.3 Å². The summed E-state index contributed by atoms with van der Waals surface area (Å²) >= 11 is 3.75. The molecule has 2 unspecified atom stereocenters. The van der Waals surface area contributed by atoms with E-state index in [0.29, 0.717) is 6.04 Å². The SMILES string of the molecule is CNC(CCc1ccsc1)C1CCCc2sccc21. The van der Waals surface area contributed by atoms with Crippen LogP contribution in [0.3, 0.4) is 0 Å². The number of aryl methyl sites for hydroxylation is 2. The van der Waals surface area contributed by atoms with Crippen molar-refractivity contribution in [2.45, 2.75) is 44.1 Å². The quantitative estimate of drug-likeness (QED) is 0.858. The summed E-state index contributed by atoms with van der Waals surface area (Å²) in [5.74, 6) is 0.721. The van der Waals surface area contributed by atoms with Gasteiger partial charge in [0.15, 0.2) is 0 Å². The van der Waals surface area contributed by atoms with Gasteiger partial charge in [0.05, 0.1) is 0 Å². The standard InChI is InChI=1S/C16H21NS2/c1-17-15(6-5-12-7-9-18-11-12)13-3-2-4-16-14(13)8-10-19-16/h7-11,13,15,17H,2-6H2,1H3. The second-order valence-corrected chi connectivity index (χ2v) is 7.14. The number of likely N-dealkylation sites (N-methyl/N-ethyl adjacent to an activating group) is 1. The average Bonchev–Trinajstić information content (AvgIpc) is 3.10. The van der Waals surface area contributed by atoms with Gasteiger partial charge in [0.2, 0.25) is 0 Å². The molecule has 2 atom stereocenters. The molecule has 0 aromatic carbocycles. The lowest BCUT2D eigenvalue weighted by atomic mass is 9.80. The van der Waals surface area contributed by atoms with Gasteiger partial charge in [-0.05, 0) is 78.6 Å². The smallest absolute Gasteiger partial charge is 0.0136 e. The molecule has 2 heterocycles. The van der Waals surface area contributed by atoms with Crippen LogP contribution in [0.15, 0.2) is 28.3 Å². The molecule has 0 spiro atoms. The van der Waals surface area contributed by atoms with Gasteiger partial charge in [-0.2, -0.15) is 11.3 Å². The predicted octanol–water partition coefficient (Wildman–Crippen LogP) is 4.45. The largest absolute Gasteiger partial charge is 0.316 e. The fourth-order valence-electron chi connectivity index (χ4n) is 3.24. The molecule has 3 rings (SSSR count). The molecule has 0 aliphatic heterocycles. The van der Waals surface area contributed by atoms with Crippen molar-refractivity contribution < 1.29 is 0 Å². The number of nitrogens with one attached hydrogen (secondary N) is 1. The van der Waals surface area contributed by atoms with Crippen molar-refractivity contribution in [2.24, 2.45) is 0 Å². The summed E-state index contributed by atoms with van der Waals surface area (Å²) in [4.78, 5) is 1.63. The average molecular weight is 291 g/mol. The first-order valence-corrected chi connectivity index (χ1v) is 8.95. The molecule has 0 fully saturated rings. The zero-order chi connectivity index (χ0) is 13.1. The van der Waals surface area contributed by atoms with Crippen LogP contribution in [-0.2, 0) is 12.8 Å². The maximum atomic E-state index is 3.57. The molecule has 1 aliphatic carbocycles. The summed E-state index contributed by atoms with van der Waals surface area (Å²) in [6.07, 6.45) is 6.44. The molecular formula is C16H21NS2. The minimum absolute atomic E-state index is 0.619. The predicted molar refractivity (Wildman–Crippen MR) is 85.5 cm³/mol. The van der Waals surface area contributed by atoms with E-state index in [1.54, 1.807) is 21.8 Å². The van der Waals surface area contributed by atoms with Gasteiger partial charge in [-0.25, -0.2) is 0 Å². The number of hydrogen-bond acceptors (Lipinski definition) is 3. The van der Waals surface area contributed by atoms with Gasteiger partial charge in [0.1, 0.15) is 0 Å². The van der Waals surface area contributed by atoms with E-state index in [4.69, 9.17) is 0 Å². The van der Waals surface area contributed by atoms with E-state index < -0.39 is 0 Å². The molecule has 3 heteroatoms. The Labute approximate surface area is 123 Å². The van der Waals surface area contributed by atoms with E-state index in [0.717, 1.165) is 5.92 Å². The molecule has 19 heavy (non-hydrogen) atoms. The van der Waals surface area contributed by atoms with Gasteiger partial charge < -0.3 is 5.32 Å². The molecule has 0 amide bonds. The summed E-state index contributed by atoms with van der Waals surface area (Å²) in [5.41, 5.74) is 3.12. The summed E-state index contributed by atoms with van der Waals surface area (Å²) in [7, 11) is 2.12. The molecule has 0 radical (unpaired) electrons. The van der Waals surface area contributed by atoms with Gasteiger partial charge in [-0.1, -0.05) is 0 Å². The number of thiophene rings is 2. The highest BCUT2D eigenvalue weighted by molar-refractivity contribution is 7.10. The molecule has 0 bridgehead atoms. The van der Waals surface area contributed by atoms with Crippen LogP contribution in [0.1, 0.15) is 41.2 Å². The Morgan fingerprint density at radius 2 is 2.32 bits per heavy atom. The molecule has 1 N–H and O–H groups in total. The summed E-state index contributed by atoms with van der Waals surface area (Å²) < 4.78 is 0. The summed E-state index contributed by atoms with van der Waals surface area (Å²) in [6.45, 7) is 0. The fourth-order valence-corrected chi connectivity index (χ4v) is 4.94. The first kappa shape index (κ1) is 13.3. The molecule has 1 aliphatic rings. The van der Waals surface area contributed by atoms with Crippen LogP contribution in [0.25, 0.3) is 0 Å². The van der Waals surface area contributed by atoms with E-state index >= 15 is 0 Å². The van der Waals surface area contributed by atoms with Crippen molar-refractivity contribution in [1.82, 2.24) is 5.32 Å². The minimum Gasteiger partial charge on any atom is -0.316 e. The lowest BCUT2D eigenvalue weighted by Gasteiger charge is -2.30. The first-order chi connectivity index (χ1) is 9.38. The van der Waals surface area contributed by atoms with Crippen LogP contribution < -0.4 is 5.32 Å². The second-order valence-electron chi connectivity index (χ2n) is 5.36. The lowest BCUT2D eigenvalue weighted by Crippen LogP contribution is -2.34. The number of rotatable bonds is 5. The van der Waals surface area contributed by atoms with Crippen molar-refractivity contribution in [1.29, 1.82) is 0 Å². The van der Waals surface area contributed by atoms with Crippen molar-refractivity contribution >= 4 is 22.7 Å². The molecule has 102 valence electrons. The van der Waals surface area contributed by atoms with E-state index in [1.807, 2.05) is 11.3 Å². The van der Waals surface area contributed by atoms with E-state index in [2.05, 4.69) is 40.6 Å². The van der Waals surface area contributed by atoms with E-state index in [9.17, 15) is 0 Å². The third-order valence-electron chi connectivity index (χ3n) is 4.28. The highest BCUT2D eigenvalue weighted by atomic mass is 32.1. The zero-order valence-corrected chi connectivity index (χ0v) is 13.0. The van der Waals surface area contributed by atoms with Crippen molar-refractivity contribution in [3.8, 4) is 0 Å². The first-order valence-electron chi connectivity index (χ1n) is 7.13. The summed E-state index contributed by atoms with van der Waals surface area (Å²) in [5, 5.41) is 10.3. The Kier molecular flexibility index (Phi) is 4.36. The Morgan fingerprint density at radius 1 is 1.37 bits per heavy atom. The lowest BCUT2D eigenvalue weighted by molar-refractivity contribution is 0.396. The van der Waals surface area contributed by atoms with Crippen LogP contribution in [0.2, 0.25) is 0 Å².